The van der Waals surface area contributed by atoms with Gasteiger partial charge in [0.05, 0.1) is 0 Å². The van der Waals surface area contributed by atoms with E-state index in [2.05, 4.69) is 153 Å². The lowest BCUT2D eigenvalue weighted by molar-refractivity contribution is 0.719. The standard InChI is InChI=1S/C41H30/c1-27-23-24-38-39(25-27)40(31-16-8-15-30(26-31)34-21-9-13-28-11-2-4-17-32(28)34)36-19-6-7-20-37(36)41(38)35-22-10-14-29-12-3-5-18-33(29)35/h2-24,26-27H,25H2,1H3. The van der Waals surface area contributed by atoms with Crippen molar-refractivity contribution in [3.05, 3.63) is 151 Å². The van der Waals surface area contributed by atoms with E-state index in [0.29, 0.717) is 5.92 Å². The van der Waals surface area contributed by atoms with Crippen LogP contribution in [0.4, 0.5) is 0 Å². The van der Waals surface area contributed by atoms with Crippen molar-refractivity contribution < 1.29 is 0 Å². The van der Waals surface area contributed by atoms with Gasteiger partial charge in [0.15, 0.2) is 0 Å². The molecule has 0 nitrogen and oxygen atoms in total. The molecule has 0 saturated carbocycles. The van der Waals surface area contributed by atoms with Gasteiger partial charge < -0.3 is 0 Å². The molecule has 0 spiro atoms. The van der Waals surface area contributed by atoms with E-state index in [-0.39, 0.29) is 0 Å². The Kier molecular flexibility index (Phi) is 5.60. The van der Waals surface area contributed by atoms with Crippen molar-refractivity contribution in [3.8, 4) is 33.4 Å². The third kappa shape index (κ3) is 3.90. The number of benzene rings is 7. The maximum atomic E-state index is 2.41. The smallest absolute Gasteiger partial charge is 0.00235 e. The highest BCUT2D eigenvalue weighted by Gasteiger charge is 2.24. The zero-order valence-electron chi connectivity index (χ0n) is 23.1. The quantitative estimate of drug-likeness (QED) is 0.216. The minimum absolute atomic E-state index is 0.490. The van der Waals surface area contributed by atoms with Crippen LogP contribution in [0.2, 0.25) is 0 Å². The Morgan fingerprint density at radius 1 is 0.488 bits per heavy atom. The van der Waals surface area contributed by atoms with E-state index in [0.717, 1.165) is 6.42 Å². The molecular formula is C41H30. The highest BCUT2D eigenvalue weighted by atomic mass is 14.3. The van der Waals surface area contributed by atoms with Crippen molar-refractivity contribution in [1.29, 1.82) is 0 Å². The Balaban J connectivity index is 1.44. The normalized spacial score (nSPS) is 14.5. The van der Waals surface area contributed by atoms with E-state index < -0.39 is 0 Å². The first-order chi connectivity index (χ1) is 20.3. The number of rotatable bonds is 3. The summed E-state index contributed by atoms with van der Waals surface area (Å²) in [6.45, 7) is 2.34. The average Bonchev–Trinajstić information content (AvgIpc) is 3.03. The number of fused-ring (bicyclic) bond motifs is 4. The highest BCUT2D eigenvalue weighted by Crippen LogP contribution is 2.47. The van der Waals surface area contributed by atoms with Crippen molar-refractivity contribution in [2.75, 3.05) is 0 Å². The van der Waals surface area contributed by atoms with E-state index in [4.69, 9.17) is 0 Å². The van der Waals surface area contributed by atoms with Crippen LogP contribution in [0.5, 0.6) is 0 Å². The second kappa shape index (κ2) is 9.61. The predicted molar refractivity (Wildman–Crippen MR) is 177 cm³/mol. The van der Waals surface area contributed by atoms with Crippen molar-refractivity contribution in [2.24, 2.45) is 5.92 Å². The molecule has 194 valence electrons. The van der Waals surface area contributed by atoms with E-state index in [9.17, 15) is 0 Å². The molecule has 0 aromatic heterocycles. The first-order valence-electron chi connectivity index (χ1n) is 14.6. The largest absolute Gasteiger partial charge is 0.0807 e. The molecule has 0 heteroatoms. The molecule has 0 heterocycles. The van der Waals surface area contributed by atoms with Crippen molar-refractivity contribution >= 4 is 38.4 Å². The monoisotopic (exact) mass is 522 g/mol. The minimum atomic E-state index is 0.490. The summed E-state index contributed by atoms with van der Waals surface area (Å²) < 4.78 is 0. The summed E-state index contributed by atoms with van der Waals surface area (Å²) >= 11 is 0. The molecule has 1 atom stereocenters. The summed E-state index contributed by atoms with van der Waals surface area (Å²) in [5.41, 5.74) is 10.7. The molecule has 0 saturated heterocycles. The molecule has 7 aromatic rings. The fraction of sp³-hybridized carbons (Fsp3) is 0.0732. The molecule has 0 aliphatic heterocycles. The van der Waals surface area contributed by atoms with E-state index in [1.54, 1.807) is 0 Å². The van der Waals surface area contributed by atoms with Gasteiger partial charge in [0.1, 0.15) is 0 Å². The van der Waals surface area contributed by atoms with Crippen molar-refractivity contribution in [2.45, 2.75) is 13.3 Å². The summed E-state index contributed by atoms with van der Waals surface area (Å²) in [7, 11) is 0. The fourth-order valence-corrected chi connectivity index (χ4v) is 6.94. The number of allylic oxidation sites excluding steroid dienone is 1. The molecule has 0 fully saturated rings. The lowest BCUT2D eigenvalue weighted by atomic mass is 9.77. The van der Waals surface area contributed by atoms with Crippen LogP contribution in [0.1, 0.15) is 18.1 Å². The average molecular weight is 523 g/mol. The summed E-state index contributed by atoms with van der Waals surface area (Å²) in [6.07, 6.45) is 5.81. The lowest BCUT2D eigenvalue weighted by Gasteiger charge is -2.26. The van der Waals surface area contributed by atoms with Gasteiger partial charge in [-0.1, -0.05) is 146 Å². The topological polar surface area (TPSA) is 0 Å². The second-order valence-corrected chi connectivity index (χ2v) is 11.4. The molecule has 7 aromatic carbocycles. The van der Waals surface area contributed by atoms with Crippen LogP contribution in [0, 0.1) is 5.92 Å². The zero-order chi connectivity index (χ0) is 27.3. The zero-order valence-corrected chi connectivity index (χ0v) is 23.1. The summed E-state index contributed by atoms with van der Waals surface area (Å²) in [5, 5.41) is 7.79. The SMILES string of the molecule is CC1C=Cc2c(c(-c3cccc(-c4cccc5ccccc45)c3)c3ccccc3c2-c2cccc3ccccc23)C1. The van der Waals surface area contributed by atoms with Crippen LogP contribution in [-0.4, -0.2) is 0 Å². The fourth-order valence-electron chi connectivity index (χ4n) is 6.94. The molecule has 0 amide bonds. The van der Waals surface area contributed by atoms with E-state index >= 15 is 0 Å². The Bertz CT molecular complexity index is 2130. The van der Waals surface area contributed by atoms with Crippen LogP contribution in [0.15, 0.2) is 140 Å². The molecule has 8 rings (SSSR count). The molecular weight excluding hydrogens is 492 g/mol. The van der Waals surface area contributed by atoms with Gasteiger partial charge in [0.25, 0.3) is 0 Å². The van der Waals surface area contributed by atoms with Gasteiger partial charge in [-0.05, 0) is 95.2 Å². The van der Waals surface area contributed by atoms with E-state index in [1.165, 1.54) is 76.8 Å². The molecule has 0 bridgehead atoms. The van der Waals surface area contributed by atoms with Crippen LogP contribution >= 0.6 is 0 Å². The number of hydrogen-bond acceptors (Lipinski definition) is 0. The van der Waals surface area contributed by atoms with Gasteiger partial charge in [-0.3, -0.25) is 0 Å². The molecule has 41 heavy (non-hydrogen) atoms. The van der Waals surface area contributed by atoms with Gasteiger partial charge >= 0.3 is 0 Å². The van der Waals surface area contributed by atoms with Gasteiger partial charge in [0.2, 0.25) is 0 Å². The van der Waals surface area contributed by atoms with E-state index in [1.807, 2.05) is 0 Å². The first kappa shape index (κ1) is 23.9. The van der Waals surface area contributed by atoms with Gasteiger partial charge in [-0.25, -0.2) is 0 Å². The van der Waals surface area contributed by atoms with Gasteiger partial charge in [-0.2, -0.15) is 0 Å². The molecule has 1 aliphatic rings. The summed E-state index contributed by atoms with van der Waals surface area (Å²) in [5.74, 6) is 0.490. The Labute approximate surface area is 241 Å². The van der Waals surface area contributed by atoms with Crippen LogP contribution < -0.4 is 0 Å². The highest BCUT2D eigenvalue weighted by molar-refractivity contribution is 6.14. The predicted octanol–water partition coefficient (Wildman–Crippen LogP) is 11.4. The first-order valence-corrected chi connectivity index (χ1v) is 14.6. The molecule has 1 aliphatic carbocycles. The summed E-state index contributed by atoms with van der Waals surface area (Å²) in [6, 6.07) is 49.1. The van der Waals surface area contributed by atoms with Crippen LogP contribution in [0.25, 0.3) is 71.8 Å². The number of hydrogen-bond donors (Lipinski definition) is 0. The van der Waals surface area contributed by atoms with Gasteiger partial charge in [0, 0.05) is 0 Å². The third-order valence-corrected chi connectivity index (χ3v) is 8.79. The molecule has 1 unspecified atom stereocenters. The maximum absolute atomic E-state index is 2.41. The van der Waals surface area contributed by atoms with Crippen molar-refractivity contribution in [3.63, 3.8) is 0 Å². The third-order valence-electron chi connectivity index (χ3n) is 8.79. The van der Waals surface area contributed by atoms with Crippen LogP contribution in [0.3, 0.4) is 0 Å². The van der Waals surface area contributed by atoms with Crippen LogP contribution in [-0.2, 0) is 6.42 Å². The van der Waals surface area contributed by atoms with Gasteiger partial charge in [-0.15, -0.1) is 0 Å². The minimum Gasteiger partial charge on any atom is -0.0807 e. The molecule has 0 N–H and O–H groups in total. The Morgan fingerprint density at radius 2 is 1.02 bits per heavy atom. The maximum Gasteiger partial charge on any atom is -0.00235 e. The Hall–Kier alpha value is -4.94. The lowest BCUT2D eigenvalue weighted by Crippen LogP contribution is -2.08. The summed E-state index contributed by atoms with van der Waals surface area (Å²) in [4.78, 5) is 0. The second-order valence-electron chi connectivity index (χ2n) is 11.4. The Morgan fingerprint density at radius 3 is 1.76 bits per heavy atom. The van der Waals surface area contributed by atoms with Crippen molar-refractivity contribution in [1.82, 2.24) is 0 Å². The molecule has 0 radical (unpaired) electrons.